The van der Waals surface area contributed by atoms with E-state index in [0.29, 0.717) is 0 Å². The molecule has 3 heteroatoms. The molecule has 276 valence electrons. The first-order valence-electron chi connectivity index (χ1n) is 20.0. The molecule has 58 heavy (non-hydrogen) atoms. The molecule has 0 fully saturated rings. The number of hydrogen-bond donors (Lipinski definition) is 0. The Morgan fingerprint density at radius 2 is 0.862 bits per heavy atom. The molecule has 0 N–H and O–H groups in total. The van der Waals surface area contributed by atoms with Crippen molar-refractivity contribution >= 4 is 44.9 Å². The Balaban J connectivity index is 1.06. The molecule has 0 atom stereocenters. The minimum Gasteiger partial charge on any atom is -0.456 e. The number of fused-ring (bicyclic) bond motifs is 5. The molecule has 0 radical (unpaired) electrons. The van der Waals surface area contributed by atoms with Gasteiger partial charge in [-0.25, -0.2) is 0 Å². The average molecular weight is 745 g/mol. The Kier molecular flexibility index (Phi) is 7.84. The third-order valence-electron chi connectivity index (χ3n) is 12.0. The summed E-state index contributed by atoms with van der Waals surface area (Å²) in [4.78, 5) is 4.67. The minimum absolute atomic E-state index is 0.132. The standard InChI is InChI=1S/C55H40N2O/c1-55(2)50-24-13-12-22-46(50)47-31-29-43(34-51(47)55)57(42-27-25-38(26-28-42)37-15-6-3-7-16-37)45-33-39-17-14-23-49-48-32-30-44(35-52(48)58-53(36-45)54(39)49)56(40-18-8-4-9-19-40)41-20-10-5-11-21-41/h3-36H,1-2H3. The molecule has 1 aliphatic heterocycles. The van der Waals surface area contributed by atoms with Crippen molar-refractivity contribution in [3.05, 3.63) is 217 Å². The zero-order valence-corrected chi connectivity index (χ0v) is 32.4. The van der Waals surface area contributed by atoms with Crippen molar-refractivity contribution in [3.63, 3.8) is 0 Å². The van der Waals surface area contributed by atoms with Gasteiger partial charge in [0.2, 0.25) is 0 Å². The van der Waals surface area contributed by atoms with E-state index in [2.05, 4.69) is 230 Å². The Morgan fingerprint density at radius 1 is 0.345 bits per heavy atom. The second kappa shape index (κ2) is 13.4. The first kappa shape index (κ1) is 33.9. The molecule has 9 aromatic carbocycles. The molecule has 11 rings (SSSR count). The Labute approximate surface area is 339 Å². The van der Waals surface area contributed by atoms with E-state index >= 15 is 0 Å². The van der Waals surface area contributed by atoms with Crippen LogP contribution in [0.25, 0.3) is 44.2 Å². The van der Waals surface area contributed by atoms with Crippen LogP contribution in [-0.4, -0.2) is 0 Å². The maximum atomic E-state index is 7.05. The van der Waals surface area contributed by atoms with Crippen LogP contribution >= 0.6 is 0 Å². The zero-order valence-electron chi connectivity index (χ0n) is 32.4. The van der Waals surface area contributed by atoms with Crippen molar-refractivity contribution in [2.75, 3.05) is 9.80 Å². The van der Waals surface area contributed by atoms with Crippen LogP contribution in [0.1, 0.15) is 25.0 Å². The fraction of sp³-hybridized carbons (Fsp3) is 0.0545. The lowest BCUT2D eigenvalue weighted by Crippen LogP contribution is -2.16. The van der Waals surface area contributed by atoms with E-state index in [1.54, 1.807) is 0 Å². The third-order valence-corrected chi connectivity index (χ3v) is 12.0. The largest absolute Gasteiger partial charge is 0.456 e. The van der Waals surface area contributed by atoms with Crippen LogP contribution in [0.4, 0.5) is 34.1 Å². The molecule has 0 unspecified atom stereocenters. The van der Waals surface area contributed by atoms with E-state index in [1.165, 1.54) is 38.9 Å². The van der Waals surface area contributed by atoms with Gasteiger partial charge in [0.15, 0.2) is 0 Å². The van der Waals surface area contributed by atoms with Crippen LogP contribution in [0.5, 0.6) is 11.5 Å². The smallest absolute Gasteiger partial charge is 0.138 e. The number of para-hydroxylation sites is 2. The molecule has 1 heterocycles. The van der Waals surface area contributed by atoms with Crippen molar-refractivity contribution < 1.29 is 4.74 Å². The van der Waals surface area contributed by atoms with Crippen LogP contribution in [0.2, 0.25) is 0 Å². The number of nitrogens with zero attached hydrogens (tertiary/aromatic N) is 2. The van der Waals surface area contributed by atoms with Crippen molar-refractivity contribution in [2.24, 2.45) is 0 Å². The van der Waals surface area contributed by atoms with Gasteiger partial charge in [-0.05, 0) is 111 Å². The molecule has 0 bridgehead atoms. The topological polar surface area (TPSA) is 15.7 Å². The summed E-state index contributed by atoms with van der Waals surface area (Å²) in [6.07, 6.45) is 0. The molecule has 9 aromatic rings. The number of benzene rings is 9. The summed E-state index contributed by atoms with van der Waals surface area (Å²) in [5.74, 6) is 1.68. The highest BCUT2D eigenvalue weighted by Gasteiger charge is 2.36. The van der Waals surface area contributed by atoms with E-state index in [9.17, 15) is 0 Å². The third kappa shape index (κ3) is 5.50. The molecule has 0 saturated heterocycles. The van der Waals surface area contributed by atoms with Gasteiger partial charge in [0, 0.05) is 56.9 Å². The molecule has 0 spiro atoms. The van der Waals surface area contributed by atoms with Crippen LogP contribution < -0.4 is 14.5 Å². The van der Waals surface area contributed by atoms with Crippen molar-refractivity contribution in [1.82, 2.24) is 0 Å². The number of hydrogen-bond acceptors (Lipinski definition) is 3. The minimum atomic E-state index is -0.132. The van der Waals surface area contributed by atoms with E-state index in [-0.39, 0.29) is 5.41 Å². The van der Waals surface area contributed by atoms with Crippen molar-refractivity contribution in [1.29, 1.82) is 0 Å². The molecule has 2 aliphatic rings. The van der Waals surface area contributed by atoms with Gasteiger partial charge in [0.25, 0.3) is 0 Å². The molecule has 0 saturated carbocycles. The average Bonchev–Trinajstić information content (AvgIpc) is 3.50. The molecule has 0 aromatic heterocycles. The van der Waals surface area contributed by atoms with Gasteiger partial charge >= 0.3 is 0 Å². The molecular weight excluding hydrogens is 705 g/mol. The summed E-state index contributed by atoms with van der Waals surface area (Å²) in [5.41, 5.74) is 16.3. The van der Waals surface area contributed by atoms with Crippen LogP contribution in [-0.2, 0) is 5.41 Å². The molecule has 3 nitrogen and oxygen atoms in total. The lowest BCUT2D eigenvalue weighted by Gasteiger charge is -2.30. The number of ether oxygens (including phenoxy) is 1. The quantitative estimate of drug-likeness (QED) is 0.162. The monoisotopic (exact) mass is 744 g/mol. The van der Waals surface area contributed by atoms with E-state index in [1.807, 2.05) is 0 Å². The Morgan fingerprint density at radius 3 is 1.59 bits per heavy atom. The predicted octanol–water partition coefficient (Wildman–Crippen LogP) is 15.5. The highest BCUT2D eigenvalue weighted by molar-refractivity contribution is 6.06. The molecule has 1 aliphatic carbocycles. The summed E-state index contributed by atoms with van der Waals surface area (Å²) >= 11 is 0. The summed E-state index contributed by atoms with van der Waals surface area (Å²) in [5, 5.41) is 2.26. The van der Waals surface area contributed by atoms with Gasteiger partial charge in [0.1, 0.15) is 11.5 Å². The first-order valence-corrected chi connectivity index (χ1v) is 20.0. The van der Waals surface area contributed by atoms with Gasteiger partial charge in [-0.3, -0.25) is 0 Å². The summed E-state index contributed by atoms with van der Waals surface area (Å²) in [6, 6.07) is 74.1. The molecule has 0 amide bonds. The molecular formula is C55H40N2O. The normalized spacial score (nSPS) is 12.9. The second-order valence-electron chi connectivity index (χ2n) is 15.8. The number of rotatable bonds is 7. The fourth-order valence-corrected chi connectivity index (χ4v) is 9.20. The van der Waals surface area contributed by atoms with Crippen LogP contribution in [0, 0.1) is 0 Å². The summed E-state index contributed by atoms with van der Waals surface area (Å²) in [6.45, 7) is 4.69. The first-order chi connectivity index (χ1) is 28.5. The predicted molar refractivity (Wildman–Crippen MR) is 242 cm³/mol. The summed E-state index contributed by atoms with van der Waals surface area (Å²) < 4.78 is 7.05. The van der Waals surface area contributed by atoms with Gasteiger partial charge in [-0.1, -0.05) is 141 Å². The van der Waals surface area contributed by atoms with E-state index in [4.69, 9.17) is 4.74 Å². The van der Waals surface area contributed by atoms with Gasteiger partial charge in [-0.15, -0.1) is 0 Å². The number of anilines is 6. The second-order valence-corrected chi connectivity index (χ2v) is 15.8. The Hall–Kier alpha value is -7.36. The lowest BCUT2D eigenvalue weighted by molar-refractivity contribution is 0.487. The van der Waals surface area contributed by atoms with Gasteiger partial charge < -0.3 is 14.5 Å². The van der Waals surface area contributed by atoms with Crippen molar-refractivity contribution in [3.8, 4) is 44.9 Å². The van der Waals surface area contributed by atoms with E-state index < -0.39 is 0 Å². The zero-order chi connectivity index (χ0) is 38.8. The van der Waals surface area contributed by atoms with Crippen LogP contribution in [0.3, 0.4) is 0 Å². The van der Waals surface area contributed by atoms with Crippen molar-refractivity contribution in [2.45, 2.75) is 19.3 Å². The maximum absolute atomic E-state index is 7.05. The SMILES string of the molecule is CC1(C)c2ccccc2-c2ccc(N(c3ccc(-c4ccccc4)cc3)c3cc4c5c(cccc5c3)-c3ccc(N(c5ccccc5)c5ccccc5)cc3O4)cc21. The summed E-state index contributed by atoms with van der Waals surface area (Å²) in [7, 11) is 0. The van der Waals surface area contributed by atoms with Crippen LogP contribution in [0.15, 0.2) is 206 Å². The fourth-order valence-electron chi connectivity index (χ4n) is 9.20. The van der Waals surface area contributed by atoms with Gasteiger partial charge in [-0.2, -0.15) is 0 Å². The highest BCUT2D eigenvalue weighted by atomic mass is 16.5. The maximum Gasteiger partial charge on any atom is 0.138 e. The highest BCUT2D eigenvalue weighted by Crippen LogP contribution is 2.53. The Bertz CT molecular complexity index is 2950. The lowest BCUT2D eigenvalue weighted by atomic mass is 9.82. The van der Waals surface area contributed by atoms with Gasteiger partial charge in [0.05, 0.1) is 5.69 Å². The van der Waals surface area contributed by atoms with E-state index in [0.717, 1.165) is 62.0 Å².